The second kappa shape index (κ2) is 7.34. The number of aromatic amines is 1. The number of rotatable bonds is 6. The Bertz CT molecular complexity index is 1050. The van der Waals surface area contributed by atoms with Crippen molar-refractivity contribution in [3.8, 4) is 11.4 Å². The number of amides is 1. The van der Waals surface area contributed by atoms with E-state index in [0.717, 1.165) is 24.1 Å². The van der Waals surface area contributed by atoms with Crippen molar-refractivity contribution in [2.45, 2.75) is 32.4 Å². The van der Waals surface area contributed by atoms with Gasteiger partial charge in [-0.3, -0.25) is 9.32 Å². The predicted molar refractivity (Wildman–Crippen MR) is 101 cm³/mol. The van der Waals surface area contributed by atoms with Gasteiger partial charge in [-0.05, 0) is 53.5 Å². The zero-order chi connectivity index (χ0) is 19.7. The van der Waals surface area contributed by atoms with Gasteiger partial charge in [-0.2, -0.15) is 0 Å². The van der Waals surface area contributed by atoms with Crippen LogP contribution in [0.1, 0.15) is 34.5 Å². The van der Waals surface area contributed by atoms with Crippen LogP contribution in [0.15, 0.2) is 57.8 Å². The molecule has 7 nitrogen and oxygen atoms in total. The Kier molecular flexibility index (Phi) is 4.73. The second-order valence-electron chi connectivity index (χ2n) is 6.94. The summed E-state index contributed by atoms with van der Waals surface area (Å²) in [6.07, 6.45) is 1.88. The van der Waals surface area contributed by atoms with Crippen LogP contribution in [-0.4, -0.2) is 29.2 Å². The first-order valence-electron chi connectivity index (χ1n) is 9.22. The molecule has 144 valence electrons. The molecule has 1 N–H and O–H groups in total. The standard InChI is InChI=1S/C21H21N3O4/c1-14-5-3-4-6-18(14)20(25)23(15-7-8-15)13-19-21(26)28-22-24(19)16-9-11-17(27-2)12-10-16/h3-6,9-12,15H,7-8,13H2,1-2H3/p+1. The van der Waals surface area contributed by atoms with Crippen molar-refractivity contribution >= 4 is 5.91 Å². The van der Waals surface area contributed by atoms with E-state index in [2.05, 4.69) is 5.27 Å². The van der Waals surface area contributed by atoms with Gasteiger partial charge in [-0.15, -0.1) is 0 Å². The number of nitrogens with one attached hydrogen (secondary N) is 1. The molecule has 0 spiro atoms. The van der Waals surface area contributed by atoms with Gasteiger partial charge in [0.15, 0.2) is 0 Å². The van der Waals surface area contributed by atoms with Crippen molar-refractivity contribution in [3.05, 3.63) is 75.8 Å². The molecule has 0 unspecified atom stereocenters. The zero-order valence-electron chi connectivity index (χ0n) is 15.8. The first kappa shape index (κ1) is 18.0. The number of carbonyl (C=O) groups excluding carboxylic acids is 1. The predicted octanol–water partition coefficient (Wildman–Crippen LogP) is 2.37. The second-order valence-corrected chi connectivity index (χ2v) is 6.94. The first-order valence-corrected chi connectivity index (χ1v) is 9.22. The third-order valence-electron chi connectivity index (χ3n) is 5.01. The average Bonchev–Trinajstić information content (AvgIpc) is 3.49. The van der Waals surface area contributed by atoms with Crippen LogP contribution < -0.4 is 15.0 Å². The number of benzene rings is 2. The fraction of sp³-hybridized carbons (Fsp3) is 0.286. The number of carbonyl (C=O) groups is 1. The molecule has 0 radical (unpaired) electrons. The van der Waals surface area contributed by atoms with Crippen LogP contribution in [0.25, 0.3) is 5.69 Å². The molecule has 2 aromatic carbocycles. The number of methoxy groups -OCH3 is 1. The van der Waals surface area contributed by atoms with E-state index in [1.807, 2.05) is 43.3 Å². The van der Waals surface area contributed by atoms with E-state index in [0.29, 0.717) is 17.0 Å². The SMILES string of the molecule is COc1ccc(-[n+]2[nH]oc(=O)c2CN(C(=O)c2ccccc2C)C2CC2)cc1. The number of aromatic nitrogens is 2. The molecule has 0 bridgehead atoms. The highest BCUT2D eigenvalue weighted by Crippen LogP contribution is 2.29. The lowest BCUT2D eigenvalue weighted by Gasteiger charge is -2.21. The van der Waals surface area contributed by atoms with E-state index >= 15 is 0 Å². The molecule has 1 fully saturated rings. The summed E-state index contributed by atoms with van der Waals surface area (Å²) in [7, 11) is 1.60. The molecule has 1 heterocycles. The molecule has 1 aliphatic carbocycles. The zero-order valence-corrected chi connectivity index (χ0v) is 15.8. The maximum Gasteiger partial charge on any atom is 0.432 e. The van der Waals surface area contributed by atoms with Crippen LogP contribution in [0.3, 0.4) is 0 Å². The third kappa shape index (κ3) is 3.43. The highest BCUT2D eigenvalue weighted by Gasteiger charge is 2.37. The molecule has 4 rings (SSSR count). The Balaban J connectivity index is 1.67. The molecule has 3 aromatic rings. The Morgan fingerprint density at radius 3 is 2.57 bits per heavy atom. The highest BCUT2D eigenvalue weighted by molar-refractivity contribution is 5.96. The van der Waals surface area contributed by atoms with Crippen molar-refractivity contribution in [2.75, 3.05) is 7.11 Å². The van der Waals surface area contributed by atoms with Gasteiger partial charge in [0, 0.05) is 23.7 Å². The summed E-state index contributed by atoms with van der Waals surface area (Å²) in [6.45, 7) is 2.09. The quantitative estimate of drug-likeness (QED) is 0.666. The van der Waals surface area contributed by atoms with Crippen LogP contribution in [0, 0.1) is 6.92 Å². The summed E-state index contributed by atoms with van der Waals surface area (Å²) >= 11 is 0. The van der Waals surface area contributed by atoms with Crippen LogP contribution in [0.5, 0.6) is 5.75 Å². The monoisotopic (exact) mass is 380 g/mol. The van der Waals surface area contributed by atoms with Crippen LogP contribution in [0.4, 0.5) is 0 Å². The van der Waals surface area contributed by atoms with Gasteiger partial charge in [0.05, 0.1) is 7.11 Å². The smallest absolute Gasteiger partial charge is 0.432 e. The summed E-state index contributed by atoms with van der Waals surface area (Å²) in [5, 5.41) is 2.63. The van der Waals surface area contributed by atoms with Crippen molar-refractivity contribution in [1.29, 1.82) is 0 Å². The van der Waals surface area contributed by atoms with E-state index in [1.165, 1.54) is 0 Å². The van der Waals surface area contributed by atoms with Gasteiger partial charge in [0.25, 0.3) is 5.91 Å². The maximum atomic E-state index is 13.2. The number of aryl methyl sites for hydroxylation is 1. The molecule has 0 atom stereocenters. The molecule has 1 amide bonds. The molecule has 0 aliphatic heterocycles. The van der Waals surface area contributed by atoms with Gasteiger partial charge in [0.2, 0.25) is 5.69 Å². The minimum atomic E-state index is -0.487. The summed E-state index contributed by atoms with van der Waals surface area (Å²) < 4.78 is 11.8. The number of hydrogen-bond donors (Lipinski definition) is 1. The fourth-order valence-electron chi connectivity index (χ4n) is 3.25. The van der Waals surface area contributed by atoms with Gasteiger partial charge in [-0.1, -0.05) is 18.2 Å². The first-order chi connectivity index (χ1) is 13.6. The molecule has 28 heavy (non-hydrogen) atoms. The Morgan fingerprint density at radius 1 is 1.21 bits per heavy atom. The minimum absolute atomic E-state index is 0.0671. The van der Waals surface area contributed by atoms with Gasteiger partial charge in [-0.25, -0.2) is 4.79 Å². The Morgan fingerprint density at radius 2 is 1.93 bits per heavy atom. The van der Waals surface area contributed by atoms with Crippen molar-refractivity contribution in [2.24, 2.45) is 0 Å². The van der Waals surface area contributed by atoms with E-state index in [4.69, 9.17) is 9.26 Å². The molecule has 1 aliphatic rings. The topological polar surface area (TPSA) is 79.4 Å². The molecular weight excluding hydrogens is 358 g/mol. The Labute approximate surface area is 162 Å². The molecule has 0 saturated heterocycles. The largest absolute Gasteiger partial charge is 0.497 e. The number of ether oxygens (including phenoxy) is 1. The van der Waals surface area contributed by atoms with Gasteiger partial charge < -0.3 is 9.64 Å². The summed E-state index contributed by atoms with van der Waals surface area (Å²) in [5.41, 5.74) is 2.19. The van der Waals surface area contributed by atoms with E-state index in [9.17, 15) is 9.59 Å². The lowest BCUT2D eigenvalue weighted by atomic mass is 10.1. The normalized spacial score (nSPS) is 13.4. The van der Waals surface area contributed by atoms with Crippen LogP contribution in [0.2, 0.25) is 0 Å². The Hall–Kier alpha value is -3.35. The summed E-state index contributed by atoms with van der Waals surface area (Å²) in [4.78, 5) is 27.3. The lowest BCUT2D eigenvalue weighted by Crippen LogP contribution is -2.44. The van der Waals surface area contributed by atoms with E-state index < -0.39 is 5.63 Å². The van der Waals surface area contributed by atoms with E-state index in [-0.39, 0.29) is 18.5 Å². The molecular formula is C21H22N3O4+. The summed E-state index contributed by atoms with van der Waals surface area (Å²) in [5.74, 6) is 0.647. The van der Waals surface area contributed by atoms with Gasteiger partial charge >= 0.3 is 11.3 Å². The van der Waals surface area contributed by atoms with Gasteiger partial charge in [0.1, 0.15) is 12.3 Å². The number of nitrogens with zero attached hydrogens (tertiary/aromatic N) is 2. The van der Waals surface area contributed by atoms with Crippen molar-refractivity contribution in [1.82, 2.24) is 10.2 Å². The van der Waals surface area contributed by atoms with Crippen LogP contribution >= 0.6 is 0 Å². The van der Waals surface area contributed by atoms with Crippen LogP contribution in [-0.2, 0) is 6.54 Å². The minimum Gasteiger partial charge on any atom is -0.497 e. The highest BCUT2D eigenvalue weighted by atomic mass is 16.5. The molecule has 1 aromatic heterocycles. The van der Waals surface area contributed by atoms with Crippen molar-refractivity contribution in [3.63, 3.8) is 0 Å². The lowest BCUT2D eigenvalue weighted by molar-refractivity contribution is -0.678. The third-order valence-corrected chi connectivity index (χ3v) is 5.01. The maximum absolute atomic E-state index is 13.2. The average molecular weight is 380 g/mol. The molecule has 7 heteroatoms. The fourth-order valence-corrected chi connectivity index (χ4v) is 3.25. The summed E-state index contributed by atoms with van der Waals surface area (Å²) in [6, 6.07) is 14.9. The van der Waals surface area contributed by atoms with Crippen molar-refractivity contribution < 1.29 is 18.7 Å². The molecule has 1 saturated carbocycles. The van der Waals surface area contributed by atoms with E-state index in [1.54, 1.807) is 28.8 Å². The number of H-pyrrole nitrogens is 1. The number of hydrogen-bond acceptors (Lipinski definition) is 4.